The van der Waals surface area contributed by atoms with Gasteiger partial charge in [0.05, 0.1) is 0 Å². The summed E-state index contributed by atoms with van der Waals surface area (Å²) in [5, 5.41) is 2.97. The molecule has 0 bridgehead atoms. The lowest BCUT2D eigenvalue weighted by molar-refractivity contribution is 0.364. The predicted molar refractivity (Wildman–Crippen MR) is 73.5 cm³/mol. The summed E-state index contributed by atoms with van der Waals surface area (Å²) >= 11 is 2.89. The summed E-state index contributed by atoms with van der Waals surface area (Å²) in [6.45, 7) is 3.85. The normalized spacial score (nSPS) is 17.5. The van der Waals surface area contributed by atoms with Gasteiger partial charge in [0.1, 0.15) is 4.90 Å². The number of benzene rings is 1. The van der Waals surface area contributed by atoms with E-state index in [2.05, 4.69) is 21.2 Å². The van der Waals surface area contributed by atoms with Crippen molar-refractivity contribution in [3.8, 4) is 0 Å². The van der Waals surface area contributed by atoms with Crippen LogP contribution in [0, 0.1) is 0 Å². The van der Waals surface area contributed by atoms with Crippen molar-refractivity contribution >= 4 is 31.8 Å². The number of hydrogen-bond donors (Lipinski definition) is 1. The summed E-state index contributed by atoms with van der Waals surface area (Å²) in [4.78, 5) is -1.89. The second-order valence-electron chi connectivity index (χ2n) is 4.44. The highest BCUT2D eigenvalue weighted by Crippen LogP contribution is 3.02. The first-order chi connectivity index (χ1) is 8.33. The van der Waals surface area contributed by atoms with Gasteiger partial charge < -0.3 is 5.32 Å². The highest BCUT2D eigenvalue weighted by molar-refractivity contribution is 9.10. The van der Waals surface area contributed by atoms with Gasteiger partial charge in [-0.15, -0.1) is 0 Å². The van der Waals surface area contributed by atoms with E-state index in [1.165, 1.54) is 0 Å². The fraction of sp³-hybridized carbons (Fsp3) is 0.455. The molecule has 1 rings (SSSR count). The largest absolute Gasteiger partial charge is 0.382 e. The molecule has 0 saturated carbocycles. The third kappa shape index (κ3) is 4.83. The van der Waals surface area contributed by atoms with Crippen LogP contribution in [0.1, 0.15) is 26.7 Å². The number of nitrogens with one attached hydrogen (secondary N) is 1. The zero-order chi connectivity index (χ0) is 15.0. The Morgan fingerprint density at radius 3 is 2.21 bits per heavy atom. The highest BCUT2D eigenvalue weighted by atomic mass is 79.9. The Balaban J connectivity index is 3.06. The molecule has 0 aromatic heterocycles. The van der Waals surface area contributed by atoms with Gasteiger partial charge in [0.25, 0.3) is 0 Å². The molecular formula is C11H15BrF5NS. The maximum absolute atomic E-state index is 12.6. The van der Waals surface area contributed by atoms with E-state index in [0.29, 0.717) is 17.8 Å². The minimum Gasteiger partial charge on any atom is -0.382 e. The van der Waals surface area contributed by atoms with Crippen LogP contribution in [0.2, 0.25) is 0 Å². The van der Waals surface area contributed by atoms with Crippen LogP contribution in [0.5, 0.6) is 0 Å². The minimum absolute atomic E-state index is 0.0267. The Labute approximate surface area is 117 Å². The average Bonchev–Trinajstić information content (AvgIpc) is 2.17. The van der Waals surface area contributed by atoms with Gasteiger partial charge in [0.2, 0.25) is 0 Å². The Morgan fingerprint density at radius 1 is 1.21 bits per heavy atom. The molecule has 0 heterocycles. The maximum atomic E-state index is 12.6. The Bertz CT molecular complexity index is 473. The van der Waals surface area contributed by atoms with E-state index in [4.69, 9.17) is 0 Å². The van der Waals surface area contributed by atoms with Crippen molar-refractivity contribution in [3.63, 3.8) is 0 Å². The average molecular weight is 368 g/mol. The summed E-state index contributed by atoms with van der Waals surface area (Å²) in [5.74, 6) is 0. The minimum atomic E-state index is -9.61. The summed E-state index contributed by atoms with van der Waals surface area (Å²) in [7, 11) is -9.61. The summed E-state index contributed by atoms with van der Waals surface area (Å²) in [6.07, 6.45) is 1.74. The molecule has 0 aliphatic heterocycles. The SMILES string of the molecule is CCCC(C)Nc1ccc(S(F)(F)(F)(F)F)cc1Br. The molecule has 1 nitrogen and oxygen atoms in total. The molecule has 0 aliphatic carbocycles. The van der Waals surface area contributed by atoms with Crippen molar-refractivity contribution < 1.29 is 19.4 Å². The van der Waals surface area contributed by atoms with Crippen molar-refractivity contribution in [1.29, 1.82) is 0 Å². The second-order valence-corrected chi connectivity index (χ2v) is 7.71. The molecule has 112 valence electrons. The van der Waals surface area contributed by atoms with Crippen LogP contribution >= 0.6 is 26.2 Å². The van der Waals surface area contributed by atoms with Crippen molar-refractivity contribution in [2.45, 2.75) is 37.6 Å². The molecule has 1 atom stereocenters. The number of rotatable bonds is 5. The highest BCUT2D eigenvalue weighted by Gasteiger charge is 2.65. The monoisotopic (exact) mass is 367 g/mol. The van der Waals surface area contributed by atoms with Gasteiger partial charge >= 0.3 is 10.2 Å². The molecule has 0 saturated heterocycles. The molecular weight excluding hydrogens is 353 g/mol. The third-order valence-corrected chi connectivity index (χ3v) is 4.31. The zero-order valence-electron chi connectivity index (χ0n) is 10.4. The van der Waals surface area contributed by atoms with Crippen molar-refractivity contribution in [2.75, 3.05) is 5.32 Å². The fourth-order valence-electron chi connectivity index (χ4n) is 1.62. The van der Waals surface area contributed by atoms with Crippen LogP contribution in [0.3, 0.4) is 0 Å². The van der Waals surface area contributed by atoms with E-state index in [-0.39, 0.29) is 10.5 Å². The van der Waals surface area contributed by atoms with Gasteiger partial charge in [-0.05, 0) is 47.5 Å². The molecule has 0 amide bonds. The first-order valence-electron chi connectivity index (χ1n) is 5.63. The van der Waals surface area contributed by atoms with Gasteiger partial charge in [-0.25, -0.2) is 0 Å². The van der Waals surface area contributed by atoms with Crippen LogP contribution in [-0.2, 0) is 0 Å². The Morgan fingerprint density at radius 2 is 1.79 bits per heavy atom. The van der Waals surface area contributed by atoms with E-state index >= 15 is 0 Å². The molecule has 1 aromatic rings. The van der Waals surface area contributed by atoms with Crippen LogP contribution in [-0.4, -0.2) is 6.04 Å². The number of halogens is 6. The van der Waals surface area contributed by atoms with Crippen LogP contribution in [0.25, 0.3) is 0 Å². The van der Waals surface area contributed by atoms with Crippen LogP contribution in [0.15, 0.2) is 27.6 Å². The molecule has 0 aliphatic rings. The van der Waals surface area contributed by atoms with E-state index in [1.807, 2.05) is 13.8 Å². The first-order valence-corrected chi connectivity index (χ1v) is 8.38. The first kappa shape index (κ1) is 16.6. The summed E-state index contributed by atoms with van der Waals surface area (Å²) in [5.41, 5.74) is 0.367. The summed E-state index contributed by atoms with van der Waals surface area (Å²) in [6, 6.07) is 1.89. The lowest BCUT2D eigenvalue weighted by atomic mass is 10.2. The van der Waals surface area contributed by atoms with Crippen molar-refractivity contribution in [2.24, 2.45) is 0 Å². The molecule has 8 heteroatoms. The number of anilines is 1. The fourth-order valence-corrected chi connectivity index (χ4v) is 2.93. The molecule has 0 spiro atoms. The lowest BCUT2D eigenvalue weighted by Crippen LogP contribution is -2.15. The van der Waals surface area contributed by atoms with Crippen molar-refractivity contribution in [3.05, 3.63) is 22.7 Å². The van der Waals surface area contributed by atoms with Crippen LogP contribution < -0.4 is 5.32 Å². The molecule has 1 unspecified atom stereocenters. The standard InChI is InChI=1S/C11H15BrF5NS/c1-3-4-8(2)18-11-6-5-9(7-10(11)12)19(13,14,15,16)17/h5-8,18H,3-4H2,1-2H3. The number of hydrogen-bond acceptors (Lipinski definition) is 1. The van der Waals surface area contributed by atoms with E-state index < -0.39 is 15.1 Å². The topological polar surface area (TPSA) is 12.0 Å². The van der Waals surface area contributed by atoms with Gasteiger partial charge in [0, 0.05) is 16.2 Å². The Kier molecular flexibility index (Phi) is 3.93. The molecule has 0 fully saturated rings. The van der Waals surface area contributed by atoms with E-state index in [1.54, 1.807) is 0 Å². The zero-order valence-corrected chi connectivity index (χ0v) is 12.8. The van der Waals surface area contributed by atoms with E-state index in [0.717, 1.165) is 18.9 Å². The lowest BCUT2D eigenvalue weighted by Gasteiger charge is -2.40. The quantitative estimate of drug-likeness (QED) is 0.570. The van der Waals surface area contributed by atoms with Crippen LogP contribution in [0.4, 0.5) is 25.1 Å². The van der Waals surface area contributed by atoms with Gasteiger partial charge in [-0.3, -0.25) is 0 Å². The molecule has 0 radical (unpaired) electrons. The smallest absolute Gasteiger partial charge is 0.310 e. The van der Waals surface area contributed by atoms with E-state index in [9.17, 15) is 19.4 Å². The molecule has 1 N–H and O–H groups in total. The van der Waals surface area contributed by atoms with Gasteiger partial charge in [-0.2, -0.15) is 0 Å². The third-order valence-electron chi connectivity index (χ3n) is 2.51. The van der Waals surface area contributed by atoms with Gasteiger partial charge in [-0.1, -0.05) is 32.8 Å². The summed E-state index contributed by atoms with van der Waals surface area (Å²) < 4.78 is 63.0. The van der Waals surface area contributed by atoms with Gasteiger partial charge in [0.15, 0.2) is 0 Å². The maximum Gasteiger partial charge on any atom is 0.310 e. The predicted octanol–water partition coefficient (Wildman–Crippen LogP) is 6.71. The molecule has 1 aromatic carbocycles. The second kappa shape index (κ2) is 4.51. The Hall–Kier alpha value is -0.500. The van der Waals surface area contributed by atoms with Crippen molar-refractivity contribution in [1.82, 2.24) is 0 Å². The molecule has 19 heavy (non-hydrogen) atoms.